The van der Waals surface area contributed by atoms with E-state index >= 15 is 0 Å². The summed E-state index contributed by atoms with van der Waals surface area (Å²) in [4.78, 5) is 0. The number of nitrogens with one attached hydrogen (secondary N) is 1. The van der Waals surface area contributed by atoms with Crippen molar-refractivity contribution in [3.05, 3.63) is 0 Å². The molecule has 1 saturated heterocycles. The van der Waals surface area contributed by atoms with E-state index in [0.717, 1.165) is 18.1 Å². The van der Waals surface area contributed by atoms with Gasteiger partial charge in [0.25, 0.3) is 0 Å². The van der Waals surface area contributed by atoms with Gasteiger partial charge in [-0.2, -0.15) is 11.8 Å². The topological polar surface area (TPSA) is 29.1 Å². The summed E-state index contributed by atoms with van der Waals surface area (Å²) in [6.07, 6.45) is 0. The van der Waals surface area contributed by atoms with Crippen LogP contribution in [0.5, 0.6) is 0 Å². The molecule has 4 heteroatoms. The Bertz CT molecular complexity index is 136. The summed E-state index contributed by atoms with van der Waals surface area (Å²) >= 11 is 1.97. The van der Waals surface area contributed by atoms with E-state index in [-0.39, 0.29) is 0 Å². The summed E-state index contributed by atoms with van der Waals surface area (Å²) in [5.41, 5.74) is 0. The summed E-state index contributed by atoms with van der Waals surface area (Å²) in [6.45, 7) is 2.89. The summed E-state index contributed by atoms with van der Waals surface area (Å²) < 4.78 is 11.0. The molecule has 0 aromatic heterocycles. The van der Waals surface area contributed by atoms with Crippen molar-refractivity contribution in [3.8, 4) is 0 Å². The fourth-order valence-corrected chi connectivity index (χ4v) is 2.22. The molecule has 0 saturated carbocycles. The number of hydrogen-bond donors (Lipinski definition) is 1. The summed E-state index contributed by atoms with van der Waals surface area (Å²) in [6, 6.07) is 0.703. The molecular weight excluding hydrogens is 178 g/mol. The minimum atomic E-state index is -0.591. The molecule has 0 aliphatic carbocycles. The summed E-state index contributed by atoms with van der Waals surface area (Å²) in [7, 11) is -0.591. The Morgan fingerprint density at radius 1 is 1.64 bits per heavy atom. The van der Waals surface area contributed by atoms with Crippen LogP contribution < -0.4 is 5.32 Å². The zero-order chi connectivity index (χ0) is 8.10. The summed E-state index contributed by atoms with van der Waals surface area (Å²) in [5.74, 6) is 4.08. The van der Waals surface area contributed by atoms with Crippen LogP contribution in [0.15, 0.2) is 0 Å². The van der Waals surface area contributed by atoms with Crippen LogP contribution in [-0.2, 0) is 10.8 Å². The Kier molecular flexibility index (Phi) is 4.48. The van der Waals surface area contributed by atoms with Gasteiger partial charge in [-0.3, -0.25) is 4.21 Å². The van der Waals surface area contributed by atoms with Crippen LogP contribution in [0, 0.1) is 0 Å². The molecule has 0 aromatic rings. The Hall–Kier alpha value is 0.460. The third-order valence-corrected chi connectivity index (χ3v) is 4.30. The minimum absolute atomic E-state index is 0.591. The molecule has 0 amide bonds. The Morgan fingerprint density at radius 2 is 2.36 bits per heavy atom. The fourth-order valence-electron chi connectivity index (χ4n) is 0.875. The molecule has 11 heavy (non-hydrogen) atoms. The first-order valence-electron chi connectivity index (χ1n) is 3.99. The molecule has 2 nitrogen and oxygen atoms in total. The van der Waals surface area contributed by atoms with Gasteiger partial charge >= 0.3 is 0 Å². The van der Waals surface area contributed by atoms with E-state index < -0.39 is 10.8 Å². The highest BCUT2D eigenvalue weighted by molar-refractivity contribution is 8.00. The molecule has 1 rings (SSSR count). The monoisotopic (exact) mass is 193 g/mol. The average Bonchev–Trinajstić information content (AvgIpc) is 1.94. The number of rotatable bonds is 5. The molecule has 1 aliphatic heterocycles. The number of thioether (sulfide) groups is 1. The van der Waals surface area contributed by atoms with Gasteiger partial charge in [0.2, 0.25) is 0 Å². The van der Waals surface area contributed by atoms with Crippen LogP contribution in [0.1, 0.15) is 6.92 Å². The van der Waals surface area contributed by atoms with E-state index in [1.165, 1.54) is 11.5 Å². The minimum Gasteiger partial charge on any atom is -0.311 e. The molecule has 1 unspecified atom stereocenters. The van der Waals surface area contributed by atoms with E-state index in [2.05, 4.69) is 5.32 Å². The van der Waals surface area contributed by atoms with Crippen LogP contribution in [0.25, 0.3) is 0 Å². The average molecular weight is 193 g/mol. The first-order valence-corrected chi connectivity index (χ1v) is 6.63. The van der Waals surface area contributed by atoms with Crippen LogP contribution >= 0.6 is 11.8 Å². The third kappa shape index (κ3) is 3.58. The van der Waals surface area contributed by atoms with Crippen LogP contribution in [0.4, 0.5) is 0 Å². The van der Waals surface area contributed by atoms with Crippen molar-refractivity contribution in [1.82, 2.24) is 5.32 Å². The molecular formula is C7H15NOS2. The van der Waals surface area contributed by atoms with E-state index in [1.54, 1.807) is 0 Å². The second-order valence-corrected chi connectivity index (χ2v) is 5.56. The third-order valence-electron chi connectivity index (χ3n) is 1.72. The second kappa shape index (κ2) is 5.17. The predicted molar refractivity (Wildman–Crippen MR) is 52.7 cm³/mol. The molecule has 0 radical (unpaired) electrons. The van der Waals surface area contributed by atoms with Crippen molar-refractivity contribution in [2.75, 3.05) is 29.6 Å². The SMILES string of the molecule is CCS(=O)CCNC1CSC1. The molecule has 1 N–H and O–H groups in total. The molecule has 0 aromatic carbocycles. The smallest absolute Gasteiger partial charge is 0.0360 e. The lowest BCUT2D eigenvalue weighted by molar-refractivity contribution is 0.604. The lowest BCUT2D eigenvalue weighted by Crippen LogP contribution is -2.41. The highest BCUT2D eigenvalue weighted by Crippen LogP contribution is 2.16. The maximum Gasteiger partial charge on any atom is 0.0360 e. The van der Waals surface area contributed by atoms with E-state index in [4.69, 9.17) is 0 Å². The highest BCUT2D eigenvalue weighted by Gasteiger charge is 2.16. The molecule has 1 atom stereocenters. The van der Waals surface area contributed by atoms with Gasteiger partial charge in [0.15, 0.2) is 0 Å². The Labute approximate surface area is 75.0 Å². The van der Waals surface area contributed by atoms with Crippen molar-refractivity contribution < 1.29 is 4.21 Å². The van der Waals surface area contributed by atoms with Crippen molar-refractivity contribution in [3.63, 3.8) is 0 Å². The second-order valence-electron chi connectivity index (χ2n) is 2.62. The zero-order valence-electron chi connectivity index (χ0n) is 6.84. The van der Waals surface area contributed by atoms with Crippen LogP contribution in [0.2, 0.25) is 0 Å². The molecule has 0 bridgehead atoms. The van der Waals surface area contributed by atoms with Gasteiger partial charge in [0.1, 0.15) is 0 Å². The first kappa shape index (κ1) is 9.55. The quantitative estimate of drug-likeness (QED) is 0.688. The van der Waals surface area contributed by atoms with Crippen LogP contribution in [-0.4, -0.2) is 39.8 Å². The summed E-state index contributed by atoms with van der Waals surface area (Å²) in [5, 5.41) is 3.37. The Balaban J connectivity index is 1.90. The van der Waals surface area contributed by atoms with Crippen LogP contribution in [0.3, 0.4) is 0 Å². The lowest BCUT2D eigenvalue weighted by atomic mass is 10.4. The normalized spacial score (nSPS) is 21.2. The van der Waals surface area contributed by atoms with E-state index in [9.17, 15) is 4.21 Å². The molecule has 1 heterocycles. The van der Waals surface area contributed by atoms with Gasteiger partial charge in [-0.15, -0.1) is 0 Å². The molecule has 1 aliphatic rings. The van der Waals surface area contributed by atoms with Crippen molar-refractivity contribution in [2.45, 2.75) is 13.0 Å². The first-order chi connectivity index (χ1) is 5.33. The van der Waals surface area contributed by atoms with Crippen molar-refractivity contribution in [1.29, 1.82) is 0 Å². The standard InChI is InChI=1S/C7H15NOS2/c1-2-11(9)4-3-8-7-5-10-6-7/h7-8H,2-6H2,1H3. The zero-order valence-corrected chi connectivity index (χ0v) is 8.47. The van der Waals surface area contributed by atoms with Crippen molar-refractivity contribution in [2.24, 2.45) is 0 Å². The van der Waals surface area contributed by atoms with E-state index in [0.29, 0.717) is 6.04 Å². The lowest BCUT2D eigenvalue weighted by Gasteiger charge is -2.25. The largest absolute Gasteiger partial charge is 0.311 e. The van der Waals surface area contributed by atoms with E-state index in [1.807, 2.05) is 18.7 Å². The van der Waals surface area contributed by atoms with Gasteiger partial charge in [-0.25, -0.2) is 0 Å². The Morgan fingerprint density at radius 3 is 2.82 bits per heavy atom. The van der Waals surface area contributed by atoms with Gasteiger partial charge in [0, 0.05) is 46.4 Å². The fraction of sp³-hybridized carbons (Fsp3) is 1.00. The van der Waals surface area contributed by atoms with Gasteiger partial charge in [-0.05, 0) is 0 Å². The highest BCUT2D eigenvalue weighted by atomic mass is 32.2. The van der Waals surface area contributed by atoms with Gasteiger partial charge < -0.3 is 5.32 Å². The van der Waals surface area contributed by atoms with Gasteiger partial charge in [-0.1, -0.05) is 6.92 Å². The maximum absolute atomic E-state index is 11.0. The molecule has 66 valence electrons. The predicted octanol–water partition coefficient (Wildman–Crippen LogP) is 0.460. The molecule has 1 fully saturated rings. The maximum atomic E-state index is 11.0. The van der Waals surface area contributed by atoms with Gasteiger partial charge in [0.05, 0.1) is 0 Å². The van der Waals surface area contributed by atoms with Crippen molar-refractivity contribution >= 4 is 22.6 Å². The number of hydrogen-bond acceptors (Lipinski definition) is 3. The molecule has 0 spiro atoms.